The molecule has 0 saturated carbocycles. The van der Waals surface area contributed by atoms with Crippen molar-refractivity contribution in [2.45, 2.75) is 13.5 Å². The van der Waals surface area contributed by atoms with Gasteiger partial charge in [-0.1, -0.05) is 75.8 Å². The Morgan fingerprint density at radius 2 is 1.72 bits per heavy atom. The van der Waals surface area contributed by atoms with Crippen molar-refractivity contribution in [3.05, 3.63) is 109 Å². The topological polar surface area (TPSA) is 52.8 Å². The van der Waals surface area contributed by atoms with E-state index in [9.17, 15) is 4.79 Å². The molecule has 5 nitrogen and oxygen atoms in total. The summed E-state index contributed by atoms with van der Waals surface area (Å²) in [5.41, 5.74) is 3.47. The quantitative estimate of drug-likeness (QED) is 0.240. The van der Waals surface area contributed by atoms with Gasteiger partial charge in [0, 0.05) is 4.47 Å². The Bertz CT molecular complexity index is 1860. The number of rotatable bonds is 6. The molecule has 0 amide bonds. The minimum Gasteiger partial charge on any atom is -0.490 e. The van der Waals surface area contributed by atoms with E-state index in [1.165, 1.54) is 22.1 Å². The molecule has 0 aliphatic rings. The van der Waals surface area contributed by atoms with Gasteiger partial charge >= 0.3 is 0 Å². The van der Waals surface area contributed by atoms with E-state index in [2.05, 4.69) is 51.2 Å². The van der Waals surface area contributed by atoms with Gasteiger partial charge in [-0.15, -0.1) is 0 Å². The first-order valence-corrected chi connectivity index (χ1v) is 13.2. The summed E-state index contributed by atoms with van der Waals surface area (Å²) in [6.45, 7) is 2.85. The van der Waals surface area contributed by atoms with Crippen LogP contribution in [0, 0.1) is 0 Å². The van der Waals surface area contributed by atoms with Gasteiger partial charge in [-0.3, -0.25) is 4.79 Å². The fourth-order valence-corrected chi connectivity index (χ4v) is 5.70. The largest absolute Gasteiger partial charge is 0.490 e. The van der Waals surface area contributed by atoms with Gasteiger partial charge in [0.05, 0.1) is 22.2 Å². The summed E-state index contributed by atoms with van der Waals surface area (Å²) in [5, 5.41) is 2.38. The van der Waals surface area contributed by atoms with E-state index < -0.39 is 0 Å². The SMILES string of the molecule is CCOc1cc(/C=c2\sc3nc4ccccc4n3c2=O)c(Br)cc1OCc1ccc2ccccc2c1. The van der Waals surface area contributed by atoms with E-state index >= 15 is 0 Å². The average Bonchev–Trinajstić information content (AvgIpc) is 3.40. The highest BCUT2D eigenvalue weighted by Gasteiger charge is 2.14. The van der Waals surface area contributed by atoms with E-state index in [1.807, 2.05) is 61.5 Å². The van der Waals surface area contributed by atoms with Crippen LogP contribution in [0.15, 0.2) is 88.1 Å². The van der Waals surface area contributed by atoms with Gasteiger partial charge in [-0.25, -0.2) is 9.38 Å². The molecule has 0 unspecified atom stereocenters. The van der Waals surface area contributed by atoms with Crippen molar-refractivity contribution in [1.29, 1.82) is 0 Å². The van der Waals surface area contributed by atoms with Crippen LogP contribution in [0.4, 0.5) is 0 Å². The van der Waals surface area contributed by atoms with Crippen molar-refractivity contribution in [3.8, 4) is 11.5 Å². The Kier molecular flexibility index (Phi) is 5.95. The summed E-state index contributed by atoms with van der Waals surface area (Å²) >= 11 is 5.04. The number of fused-ring (bicyclic) bond motifs is 4. The van der Waals surface area contributed by atoms with Crippen LogP contribution >= 0.6 is 27.3 Å². The van der Waals surface area contributed by atoms with Gasteiger partial charge in [-0.05, 0) is 65.2 Å². The molecule has 6 rings (SSSR count). The number of hydrogen-bond acceptors (Lipinski definition) is 5. The average molecular weight is 557 g/mol. The summed E-state index contributed by atoms with van der Waals surface area (Å²) in [7, 11) is 0. The van der Waals surface area contributed by atoms with Crippen LogP contribution in [-0.4, -0.2) is 16.0 Å². The Balaban J connectivity index is 1.35. The molecule has 0 fully saturated rings. The molecule has 4 aromatic carbocycles. The van der Waals surface area contributed by atoms with Crippen LogP contribution in [0.2, 0.25) is 0 Å². The lowest BCUT2D eigenvalue weighted by atomic mass is 10.1. The molecular weight excluding hydrogens is 536 g/mol. The fourth-order valence-electron chi connectivity index (χ4n) is 4.29. The molecule has 178 valence electrons. The van der Waals surface area contributed by atoms with E-state index in [1.54, 1.807) is 4.40 Å². The number of thiazole rings is 1. The molecule has 0 aliphatic carbocycles. The zero-order valence-corrected chi connectivity index (χ0v) is 21.8. The molecule has 36 heavy (non-hydrogen) atoms. The molecule has 6 aromatic rings. The molecule has 0 radical (unpaired) electrons. The van der Waals surface area contributed by atoms with Gasteiger partial charge in [-0.2, -0.15) is 0 Å². The lowest BCUT2D eigenvalue weighted by Gasteiger charge is -2.14. The molecule has 2 heterocycles. The van der Waals surface area contributed by atoms with E-state index in [-0.39, 0.29) is 5.56 Å². The van der Waals surface area contributed by atoms with Crippen LogP contribution in [0.1, 0.15) is 18.1 Å². The number of para-hydroxylation sites is 2. The second kappa shape index (κ2) is 9.41. The highest BCUT2D eigenvalue weighted by molar-refractivity contribution is 9.10. The monoisotopic (exact) mass is 556 g/mol. The summed E-state index contributed by atoms with van der Waals surface area (Å²) < 4.78 is 15.2. The zero-order valence-electron chi connectivity index (χ0n) is 19.4. The maximum absolute atomic E-state index is 13.2. The molecule has 0 saturated heterocycles. The molecule has 0 atom stereocenters. The van der Waals surface area contributed by atoms with E-state index in [4.69, 9.17) is 9.47 Å². The summed E-state index contributed by atoms with van der Waals surface area (Å²) in [6.07, 6.45) is 1.87. The highest BCUT2D eigenvalue weighted by Crippen LogP contribution is 2.35. The lowest BCUT2D eigenvalue weighted by molar-refractivity contribution is 0.269. The van der Waals surface area contributed by atoms with Gasteiger partial charge in [0.15, 0.2) is 16.5 Å². The Labute approximate surface area is 219 Å². The van der Waals surface area contributed by atoms with Crippen molar-refractivity contribution < 1.29 is 9.47 Å². The van der Waals surface area contributed by atoms with Crippen molar-refractivity contribution in [1.82, 2.24) is 9.38 Å². The minimum absolute atomic E-state index is 0.0785. The normalized spacial score (nSPS) is 12.1. The molecule has 0 bridgehead atoms. The maximum Gasteiger partial charge on any atom is 0.274 e. The summed E-state index contributed by atoms with van der Waals surface area (Å²) in [6, 6.07) is 26.1. The minimum atomic E-state index is -0.0785. The molecule has 7 heteroatoms. The number of halogens is 1. The van der Waals surface area contributed by atoms with E-state index in [0.29, 0.717) is 34.2 Å². The number of nitrogens with zero attached hydrogens (tertiary/aromatic N) is 2. The van der Waals surface area contributed by atoms with Crippen LogP contribution < -0.4 is 19.6 Å². The molecule has 2 aromatic heterocycles. The van der Waals surface area contributed by atoms with Crippen LogP contribution in [0.5, 0.6) is 11.5 Å². The molecular formula is C29H21BrN2O3S. The summed E-state index contributed by atoms with van der Waals surface area (Å²) in [4.78, 5) is 18.5. The van der Waals surface area contributed by atoms with Crippen molar-refractivity contribution >= 4 is 60.1 Å². The van der Waals surface area contributed by atoms with Crippen LogP contribution in [0.3, 0.4) is 0 Å². The lowest BCUT2D eigenvalue weighted by Crippen LogP contribution is -2.22. The first-order valence-electron chi connectivity index (χ1n) is 11.6. The molecule has 0 spiro atoms. The van der Waals surface area contributed by atoms with Crippen molar-refractivity contribution in [2.75, 3.05) is 6.61 Å². The Hall–Kier alpha value is -3.68. The second-order valence-corrected chi connectivity index (χ2v) is 10.2. The fraction of sp³-hybridized carbons (Fsp3) is 0.103. The van der Waals surface area contributed by atoms with Gasteiger partial charge in [0.1, 0.15) is 6.61 Å². The number of aromatic nitrogens is 2. The first-order chi connectivity index (χ1) is 17.6. The third-order valence-corrected chi connectivity index (χ3v) is 7.66. The molecule has 0 aliphatic heterocycles. The number of benzene rings is 4. The maximum atomic E-state index is 13.2. The Morgan fingerprint density at radius 3 is 2.58 bits per heavy atom. The third-order valence-electron chi connectivity index (χ3n) is 6.00. The highest BCUT2D eigenvalue weighted by atomic mass is 79.9. The van der Waals surface area contributed by atoms with Gasteiger partial charge < -0.3 is 9.47 Å². The predicted octanol–water partition coefficient (Wildman–Crippen LogP) is 6.35. The third kappa shape index (κ3) is 4.14. The van der Waals surface area contributed by atoms with Crippen LogP contribution in [-0.2, 0) is 6.61 Å². The number of ether oxygens (including phenoxy) is 2. The predicted molar refractivity (Wildman–Crippen MR) is 149 cm³/mol. The Morgan fingerprint density at radius 1 is 0.944 bits per heavy atom. The molecule has 0 N–H and O–H groups in total. The van der Waals surface area contributed by atoms with Gasteiger partial charge in [0.25, 0.3) is 5.56 Å². The first kappa shape index (κ1) is 22.8. The second-order valence-electron chi connectivity index (χ2n) is 8.36. The smallest absolute Gasteiger partial charge is 0.274 e. The van der Waals surface area contributed by atoms with Crippen molar-refractivity contribution in [2.24, 2.45) is 0 Å². The number of hydrogen-bond donors (Lipinski definition) is 0. The number of imidazole rings is 1. The summed E-state index contributed by atoms with van der Waals surface area (Å²) in [5.74, 6) is 1.27. The zero-order chi connectivity index (χ0) is 24.6. The van der Waals surface area contributed by atoms with Gasteiger partial charge in [0.2, 0.25) is 0 Å². The van der Waals surface area contributed by atoms with E-state index in [0.717, 1.165) is 26.6 Å². The van der Waals surface area contributed by atoms with Crippen LogP contribution in [0.25, 0.3) is 32.8 Å². The standard InChI is InChI=1S/C29H21BrN2O3S/c1-2-34-25-14-21(15-27-28(33)32-24-10-6-5-9-23(24)31-29(32)36-27)22(30)16-26(25)35-17-18-11-12-19-7-3-4-8-20(19)13-18/h3-16H,2,17H2,1H3/b27-15-. The van der Waals surface area contributed by atoms with Crippen molar-refractivity contribution in [3.63, 3.8) is 0 Å².